The van der Waals surface area contributed by atoms with Crippen LogP contribution >= 0.6 is 0 Å². The average Bonchev–Trinajstić information content (AvgIpc) is 2.71. The maximum atomic E-state index is 10.7. The zero-order chi connectivity index (χ0) is 19.9. The van der Waals surface area contributed by atoms with E-state index in [9.17, 15) is 4.79 Å². The van der Waals surface area contributed by atoms with Crippen molar-refractivity contribution in [3.63, 3.8) is 0 Å². The third-order valence-electron chi connectivity index (χ3n) is 5.11. The molecular weight excluding hydrogens is 348 g/mol. The molecule has 0 aromatic heterocycles. The van der Waals surface area contributed by atoms with Gasteiger partial charge >= 0.3 is 5.97 Å². The van der Waals surface area contributed by atoms with Crippen LogP contribution in [-0.2, 0) is 11.2 Å². The van der Waals surface area contributed by atoms with Gasteiger partial charge in [0.25, 0.3) is 0 Å². The Bertz CT molecular complexity index is 1040. The highest BCUT2D eigenvalue weighted by Gasteiger charge is 2.10. The van der Waals surface area contributed by atoms with Crippen LogP contribution in [0.2, 0.25) is 0 Å². The highest BCUT2D eigenvalue weighted by molar-refractivity contribution is 6.23. The van der Waals surface area contributed by atoms with Crippen molar-refractivity contribution in [3.05, 3.63) is 60.2 Å². The molecule has 0 saturated heterocycles. The van der Waals surface area contributed by atoms with Crippen LogP contribution in [0.3, 0.4) is 0 Å². The fourth-order valence-corrected chi connectivity index (χ4v) is 3.73. The van der Waals surface area contributed by atoms with E-state index in [0.717, 1.165) is 32.4 Å². The molecule has 0 unspecified atom stereocenters. The van der Waals surface area contributed by atoms with E-state index in [0.29, 0.717) is 6.42 Å². The highest BCUT2D eigenvalue weighted by Crippen LogP contribution is 2.36. The maximum Gasteiger partial charge on any atom is 0.303 e. The summed E-state index contributed by atoms with van der Waals surface area (Å²) in [6.07, 6.45) is 3.84. The minimum atomic E-state index is -0.724. The summed E-state index contributed by atoms with van der Waals surface area (Å²) in [5, 5.41) is 16.5. The number of benzene rings is 4. The van der Waals surface area contributed by atoms with Crippen LogP contribution < -0.4 is 11.5 Å². The Labute approximate surface area is 165 Å². The SMILES string of the molecule is NCCCCN.O=C(O)CCCc1ccc2ccc3cccc4ccc1c2c34. The van der Waals surface area contributed by atoms with Gasteiger partial charge in [-0.05, 0) is 76.7 Å². The molecule has 4 heteroatoms. The van der Waals surface area contributed by atoms with Gasteiger partial charge in [0.2, 0.25) is 0 Å². The summed E-state index contributed by atoms with van der Waals surface area (Å²) in [6.45, 7) is 1.55. The van der Waals surface area contributed by atoms with Crippen LogP contribution in [0.25, 0.3) is 32.3 Å². The summed E-state index contributed by atoms with van der Waals surface area (Å²) < 4.78 is 0. The first kappa shape index (κ1) is 20.1. The number of carboxylic acids is 1. The Kier molecular flexibility index (Phi) is 6.80. The van der Waals surface area contributed by atoms with Gasteiger partial charge in [-0.25, -0.2) is 0 Å². The molecule has 0 aliphatic heterocycles. The smallest absolute Gasteiger partial charge is 0.303 e. The van der Waals surface area contributed by atoms with Gasteiger partial charge in [-0.15, -0.1) is 0 Å². The van der Waals surface area contributed by atoms with Crippen molar-refractivity contribution in [2.45, 2.75) is 32.1 Å². The molecule has 0 spiro atoms. The molecule has 0 heterocycles. The molecule has 0 bridgehead atoms. The molecule has 0 aliphatic carbocycles. The number of unbranched alkanes of at least 4 members (excludes halogenated alkanes) is 1. The molecule has 0 radical (unpaired) electrons. The summed E-state index contributed by atoms with van der Waals surface area (Å²) >= 11 is 0. The van der Waals surface area contributed by atoms with Gasteiger partial charge < -0.3 is 16.6 Å². The third-order valence-corrected chi connectivity index (χ3v) is 5.11. The predicted molar refractivity (Wildman–Crippen MR) is 118 cm³/mol. The van der Waals surface area contributed by atoms with Crippen molar-refractivity contribution in [1.29, 1.82) is 0 Å². The van der Waals surface area contributed by atoms with Gasteiger partial charge in [-0.3, -0.25) is 4.79 Å². The Morgan fingerprint density at radius 2 is 1.32 bits per heavy atom. The first-order valence-electron chi connectivity index (χ1n) is 9.93. The molecule has 4 nitrogen and oxygen atoms in total. The number of aliphatic carboxylic acids is 1. The van der Waals surface area contributed by atoms with Crippen LogP contribution in [0.15, 0.2) is 54.6 Å². The van der Waals surface area contributed by atoms with Gasteiger partial charge in [-0.1, -0.05) is 54.6 Å². The normalized spacial score (nSPS) is 11.1. The van der Waals surface area contributed by atoms with Gasteiger partial charge in [0.05, 0.1) is 0 Å². The molecule has 0 saturated carbocycles. The van der Waals surface area contributed by atoms with Crippen molar-refractivity contribution in [2.24, 2.45) is 11.5 Å². The second-order valence-corrected chi connectivity index (χ2v) is 7.11. The summed E-state index contributed by atoms with van der Waals surface area (Å²) in [5.41, 5.74) is 11.6. The van der Waals surface area contributed by atoms with E-state index in [1.807, 2.05) is 0 Å². The van der Waals surface area contributed by atoms with Crippen molar-refractivity contribution >= 4 is 38.3 Å². The van der Waals surface area contributed by atoms with E-state index in [-0.39, 0.29) is 6.42 Å². The lowest BCUT2D eigenvalue weighted by molar-refractivity contribution is -0.137. The molecule has 146 valence electrons. The zero-order valence-electron chi connectivity index (χ0n) is 16.2. The Hall–Kier alpha value is -2.69. The third kappa shape index (κ3) is 4.41. The molecular formula is C24H28N2O2. The van der Waals surface area contributed by atoms with Crippen LogP contribution in [0.1, 0.15) is 31.2 Å². The highest BCUT2D eigenvalue weighted by atomic mass is 16.4. The van der Waals surface area contributed by atoms with Crippen LogP contribution in [0, 0.1) is 0 Å². The number of carbonyl (C=O) groups is 1. The standard InChI is InChI=1S/C20H16O2.C4H12N2/c21-18(22)6-2-3-13-7-8-16-10-9-14-4-1-5-15-11-12-17(13)20(16)19(14)15;5-3-1-2-4-6/h1,4-5,7-12H,2-3,6H2,(H,21,22);1-6H2. The second kappa shape index (κ2) is 9.49. The van der Waals surface area contributed by atoms with E-state index in [2.05, 4.69) is 54.6 Å². The van der Waals surface area contributed by atoms with Crippen molar-refractivity contribution < 1.29 is 9.90 Å². The van der Waals surface area contributed by atoms with Gasteiger partial charge in [0.15, 0.2) is 0 Å². The average molecular weight is 377 g/mol. The predicted octanol–water partition coefficient (Wildman–Crippen LogP) is 4.68. The number of aryl methyl sites for hydroxylation is 1. The Balaban J connectivity index is 0.000000330. The lowest BCUT2D eigenvalue weighted by Crippen LogP contribution is -2.03. The van der Waals surface area contributed by atoms with Crippen LogP contribution in [0.5, 0.6) is 0 Å². The molecule has 4 aromatic carbocycles. The molecule has 5 N–H and O–H groups in total. The van der Waals surface area contributed by atoms with E-state index in [4.69, 9.17) is 16.6 Å². The fourth-order valence-electron chi connectivity index (χ4n) is 3.73. The maximum absolute atomic E-state index is 10.7. The van der Waals surface area contributed by atoms with Gasteiger partial charge in [0, 0.05) is 6.42 Å². The number of carboxylic acid groups (broad SMARTS) is 1. The Morgan fingerprint density at radius 3 is 1.93 bits per heavy atom. The molecule has 4 aromatic rings. The van der Waals surface area contributed by atoms with Crippen LogP contribution in [0.4, 0.5) is 0 Å². The quantitative estimate of drug-likeness (QED) is 0.323. The van der Waals surface area contributed by atoms with Crippen LogP contribution in [-0.4, -0.2) is 24.2 Å². The molecule has 0 atom stereocenters. The van der Waals surface area contributed by atoms with E-state index in [1.54, 1.807) is 0 Å². The van der Waals surface area contributed by atoms with Gasteiger partial charge in [-0.2, -0.15) is 0 Å². The van der Waals surface area contributed by atoms with Crippen molar-refractivity contribution in [3.8, 4) is 0 Å². The lowest BCUT2D eigenvalue weighted by atomic mass is 9.90. The van der Waals surface area contributed by atoms with Gasteiger partial charge in [0.1, 0.15) is 0 Å². The summed E-state index contributed by atoms with van der Waals surface area (Å²) in [5.74, 6) is -0.724. The fraction of sp³-hybridized carbons (Fsp3) is 0.292. The van der Waals surface area contributed by atoms with E-state index in [1.165, 1.54) is 37.9 Å². The summed E-state index contributed by atoms with van der Waals surface area (Å²) in [4.78, 5) is 10.7. The number of hydrogen-bond donors (Lipinski definition) is 3. The first-order chi connectivity index (χ1) is 13.7. The molecule has 0 aliphatic rings. The topological polar surface area (TPSA) is 89.3 Å². The minimum Gasteiger partial charge on any atom is -0.481 e. The largest absolute Gasteiger partial charge is 0.481 e. The monoisotopic (exact) mass is 376 g/mol. The minimum absolute atomic E-state index is 0.224. The van der Waals surface area contributed by atoms with Crippen molar-refractivity contribution in [1.82, 2.24) is 0 Å². The van der Waals surface area contributed by atoms with E-state index >= 15 is 0 Å². The summed E-state index contributed by atoms with van der Waals surface area (Å²) in [7, 11) is 0. The lowest BCUT2D eigenvalue weighted by Gasteiger charge is -2.13. The number of nitrogens with two attached hydrogens (primary N) is 2. The molecule has 0 amide bonds. The molecule has 0 fully saturated rings. The second-order valence-electron chi connectivity index (χ2n) is 7.11. The number of hydrogen-bond acceptors (Lipinski definition) is 3. The number of rotatable bonds is 7. The molecule has 28 heavy (non-hydrogen) atoms. The summed E-state index contributed by atoms with van der Waals surface area (Å²) in [6, 6.07) is 19.4. The zero-order valence-corrected chi connectivity index (χ0v) is 16.2. The van der Waals surface area contributed by atoms with Crippen molar-refractivity contribution in [2.75, 3.05) is 13.1 Å². The van der Waals surface area contributed by atoms with E-state index < -0.39 is 5.97 Å². The molecule has 4 rings (SSSR count). The first-order valence-corrected chi connectivity index (χ1v) is 9.93. The Morgan fingerprint density at radius 1 is 0.750 bits per heavy atom.